The highest BCUT2D eigenvalue weighted by Gasteiger charge is 2.38. The first-order valence-electron chi connectivity index (χ1n) is 6.89. The van der Waals surface area contributed by atoms with E-state index in [4.69, 9.17) is 5.73 Å². The molecular formula is C14H30N2. The summed E-state index contributed by atoms with van der Waals surface area (Å²) in [4.78, 5) is 2.63. The molecule has 1 aliphatic rings. The molecular weight excluding hydrogens is 196 g/mol. The van der Waals surface area contributed by atoms with E-state index >= 15 is 0 Å². The third kappa shape index (κ3) is 3.46. The molecule has 1 saturated heterocycles. The number of hydrogen-bond acceptors (Lipinski definition) is 2. The summed E-state index contributed by atoms with van der Waals surface area (Å²) in [5, 5.41) is 0. The van der Waals surface area contributed by atoms with Crippen LogP contribution in [0.15, 0.2) is 0 Å². The van der Waals surface area contributed by atoms with Crippen molar-refractivity contribution < 1.29 is 0 Å². The van der Waals surface area contributed by atoms with E-state index in [1.54, 1.807) is 0 Å². The molecule has 1 atom stereocenters. The number of nitrogens with zero attached hydrogens (tertiary/aromatic N) is 1. The molecule has 0 aromatic carbocycles. The van der Waals surface area contributed by atoms with Gasteiger partial charge in [0.2, 0.25) is 0 Å². The standard InChI is InChI=1S/C14H30N2/c1-5-6-7-8-14(4,11-15)16-10-9-13(2,3)12-16/h5-12,15H2,1-4H3. The van der Waals surface area contributed by atoms with Gasteiger partial charge in [0.05, 0.1) is 0 Å². The Morgan fingerprint density at radius 3 is 2.44 bits per heavy atom. The molecule has 1 fully saturated rings. The fourth-order valence-electron chi connectivity index (χ4n) is 2.72. The Morgan fingerprint density at radius 2 is 2.00 bits per heavy atom. The first-order chi connectivity index (χ1) is 7.43. The highest BCUT2D eigenvalue weighted by atomic mass is 15.2. The van der Waals surface area contributed by atoms with Gasteiger partial charge in [-0.2, -0.15) is 0 Å². The third-order valence-corrected chi connectivity index (χ3v) is 4.20. The number of nitrogens with two attached hydrogens (primary N) is 1. The Hall–Kier alpha value is -0.0800. The van der Waals surface area contributed by atoms with Crippen molar-refractivity contribution in [2.75, 3.05) is 19.6 Å². The van der Waals surface area contributed by atoms with Crippen molar-refractivity contribution in [1.29, 1.82) is 0 Å². The van der Waals surface area contributed by atoms with Gasteiger partial charge in [-0.25, -0.2) is 0 Å². The molecule has 0 saturated carbocycles. The molecule has 0 bridgehead atoms. The molecule has 1 heterocycles. The zero-order valence-corrected chi connectivity index (χ0v) is 11.7. The topological polar surface area (TPSA) is 29.3 Å². The largest absolute Gasteiger partial charge is 0.329 e. The van der Waals surface area contributed by atoms with E-state index in [0.29, 0.717) is 5.41 Å². The van der Waals surface area contributed by atoms with E-state index < -0.39 is 0 Å². The average molecular weight is 226 g/mol. The lowest BCUT2D eigenvalue weighted by Crippen LogP contribution is -2.51. The highest BCUT2D eigenvalue weighted by Crippen LogP contribution is 2.35. The van der Waals surface area contributed by atoms with Crippen LogP contribution >= 0.6 is 0 Å². The van der Waals surface area contributed by atoms with E-state index in [1.807, 2.05) is 0 Å². The Bertz CT molecular complexity index is 213. The fourth-order valence-corrected chi connectivity index (χ4v) is 2.72. The predicted molar refractivity (Wildman–Crippen MR) is 71.6 cm³/mol. The zero-order valence-electron chi connectivity index (χ0n) is 11.7. The minimum absolute atomic E-state index is 0.239. The number of unbranched alkanes of at least 4 members (excludes halogenated alkanes) is 2. The number of rotatable bonds is 6. The normalized spacial score (nSPS) is 24.6. The van der Waals surface area contributed by atoms with E-state index in [0.717, 1.165) is 6.54 Å². The van der Waals surface area contributed by atoms with Gasteiger partial charge in [0.25, 0.3) is 0 Å². The first kappa shape index (κ1) is 14.0. The number of likely N-dealkylation sites (tertiary alicyclic amines) is 1. The zero-order chi connectivity index (χ0) is 12.2. The molecule has 16 heavy (non-hydrogen) atoms. The van der Waals surface area contributed by atoms with Gasteiger partial charge in [0.1, 0.15) is 0 Å². The monoisotopic (exact) mass is 226 g/mol. The van der Waals surface area contributed by atoms with Crippen molar-refractivity contribution in [3.63, 3.8) is 0 Å². The van der Waals surface area contributed by atoms with Crippen LogP contribution < -0.4 is 5.73 Å². The van der Waals surface area contributed by atoms with Crippen LogP contribution in [0.2, 0.25) is 0 Å². The van der Waals surface area contributed by atoms with Crippen LogP contribution in [0.5, 0.6) is 0 Å². The summed E-state index contributed by atoms with van der Waals surface area (Å²) in [6.07, 6.45) is 6.53. The number of hydrogen-bond donors (Lipinski definition) is 1. The van der Waals surface area contributed by atoms with Crippen LogP contribution in [0.25, 0.3) is 0 Å². The van der Waals surface area contributed by atoms with Crippen molar-refractivity contribution in [3.05, 3.63) is 0 Å². The molecule has 2 N–H and O–H groups in total. The molecule has 96 valence electrons. The quantitative estimate of drug-likeness (QED) is 0.705. The van der Waals surface area contributed by atoms with Crippen LogP contribution in [0.1, 0.15) is 59.8 Å². The second-order valence-corrected chi connectivity index (χ2v) is 6.49. The Balaban J connectivity index is 2.52. The molecule has 1 aliphatic heterocycles. The Kier molecular flexibility index (Phi) is 4.81. The van der Waals surface area contributed by atoms with Crippen molar-refractivity contribution in [2.24, 2.45) is 11.1 Å². The second kappa shape index (κ2) is 5.50. The van der Waals surface area contributed by atoms with Gasteiger partial charge in [-0.1, -0.05) is 40.0 Å². The van der Waals surface area contributed by atoms with E-state index in [2.05, 4.69) is 32.6 Å². The summed E-state index contributed by atoms with van der Waals surface area (Å²) in [7, 11) is 0. The smallest absolute Gasteiger partial charge is 0.0303 e. The third-order valence-electron chi connectivity index (χ3n) is 4.20. The van der Waals surface area contributed by atoms with E-state index in [9.17, 15) is 0 Å². The molecule has 0 aromatic rings. The second-order valence-electron chi connectivity index (χ2n) is 6.49. The molecule has 2 nitrogen and oxygen atoms in total. The van der Waals surface area contributed by atoms with Crippen molar-refractivity contribution >= 4 is 0 Å². The van der Waals surface area contributed by atoms with Crippen molar-refractivity contribution in [2.45, 2.75) is 65.3 Å². The highest BCUT2D eigenvalue weighted by molar-refractivity contribution is 4.94. The van der Waals surface area contributed by atoms with Crippen molar-refractivity contribution in [1.82, 2.24) is 4.90 Å². The summed E-state index contributed by atoms with van der Waals surface area (Å²) in [6, 6.07) is 0. The molecule has 1 unspecified atom stereocenters. The van der Waals surface area contributed by atoms with Gasteiger partial charge in [-0.15, -0.1) is 0 Å². The SMILES string of the molecule is CCCCCC(C)(CN)N1CCC(C)(C)C1. The van der Waals surface area contributed by atoms with Crippen molar-refractivity contribution in [3.8, 4) is 0 Å². The molecule has 2 heteroatoms. The predicted octanol–water partition coefficient (Wildman–Crippen LogP) is 3.02. The van der Waals surface area contributed by atoms with Crippen LogP contribution in [0.4, 0.5) is 0 Å². The van der Waals surface area contributed by atoms with Crippen LogP contribution in [0.3, 0.4) is 0 Å². The van der Waals surface area contributed by atoms with Crippen LogP contribution in [0, 0.1) is 5.41 Å². The molecule has 0 spiro atoms. The van der Waals surface area contributed by atoms with Gasteiger partial charge in [-0.05, 0) is 31.7 Å². The van der Waals surface area contributed by atoms with Gasteiger partial charge in [-0.3, -0.25) is 4.90 Å². The molecule has 0 aromatic heterocycles. The molecule has 1 rings (SSSR count). The van der Waals surface area contributed by atoms with Crippen LogP contribution in [-0.2, 0) is 0 Å². The van der Waals surface area contributed by atoms with Gasteiger partial charge < -0.3 is 5.73 Å². The van der Waals surface area contributed by atoms with Gasteiger partial charge in [0, 0.05) is 18.6 Å². The minimum atomic E-state index is 0.239. The Labute approximate surface area is 102 Å². The minimum Gasteiger partial charge on any atom is -0.329 e. The lowest BCUT2D eigenvalue weighted by molar-refractivity contribution is 0.116. The molecule has 0 radical (unpaired) electrons. The average Bonchev–Trinajstić information content (AvgIpc) is 2.59. The van der Waals surface area contributed by atoms with Crippen LogP contribution in [-0.4, -0.2) is 30.1 Å². The summed E-state index contributed by atoms with van der Waals surface area (Å²) < 4.78 is 0. The van der Waals surface area contributed by atoms with E-state index in [-0.39, 0.29) is 5.54 Å². The summed E-state index contributed by atoms with van der Waals surface area (Å²) in [5.41, 5.74) is 6.74. The lowest BCUT2D eigenvalue weighted by Gasteiger charge is -2.39. The van der Waals surface area contributed by atoms with E-state index in [1.165, 1.54) is 45.2 Å². The fraction of sp³-hybridized carbons (Fsp3) is 1.00. The lowest BCUT2D eigenvalue weighted by atomic mass is 9.90. The maximum atomic E-state index is 6.02. The maximum Gasteiger partial charge on any atom is 0.0303 e. The summed E-state index contributed by atoms with van der Waals surface area (Å²) >= 11 is 0. The van der Waals surface area contributed by atoms with Gasteiger partial charge in [0.15, 0.2) is 0 Å². The summed E-state index contributed by atoms with van der Waals surface area (Å²) in [5.74, 6) is 0. The molecule has 0 amide bonds. The maximum absolute atomic E-state index is 6.02. The van der Waals surface area contributed by atoms with Gasteiger partial charge >= 0.3 is 0 Å². The molecule has 0 aliphatic carbocycles. The Morgan fingerprint density at radius 1 is 1.31 bits per heavy atom. The summed E-state index contributed by atoms with van der Waals surface area (Å²) in [6.45, 7) is 12.6. The first-order valence-corrected chi connectivity index (χ1v) is 6.89.